The lowest BCUT2D eigenvalue weighted by Gasteiger charge is -2.17. The number of aromatic amines is 1. The van der Waals surface area contributed by atoms with E-state index >= 15 is 0 Å². The SMILES string of the molecule is CCN(CC)CCCCNc1nccc(-c2ccc(C(=O)NCCc3ccc4[nH]cc(C#N)c4c3)cc2)n1. The molecule has 0 spiro atoms. The molecule has 4 rings (SSSR count). The molecule has 0 unspecified atom stereocenters. The molecule has 2 heterocycles. The molecule has 1 amide bonds. The maximum Gasteiger partial charge on any atom is 0.251 e. The maximum absolute atomic E-state index is 12.7. The number of aromatic nitrogens is 3. The van der Waals surface area contributed by atoms with E-state index in [0.29, 0.717) is 30.0 Å². The Balaban J connectivity index is 1.26. The highest BCUT2D eigenvalue weighted by Gasteiger charge is 2.09. The van der Waals surface area contributed by atoms with Crippen molar-refractivity contribution < 1.29 is 4.79 Å². The van der Waals surface area contributed by atoms with Crippen LogP contribution >= 0.6 is 0 Å². The molecule has 8 nitrogen and oxygen atoms in total. The Labute approximate surface area is 224 Å². The van der Waals surface area contributed by atoms with Crippen LogP contribution in [0.5, 0.6) is 0 Å². The number of H-pyrrole nitrogens is 1. The number of unbranched alkanes of at least 4 members (excludes halogenated alkanes) is 1. The second-order valence-corrected chi connectivity index (χ2v) is 9.20. The van der Waals surface area contributed by atoms with E-state index in [1.54, 1.807) is 12.4 Å². The number of amides is 1. The molecule has 2 aromatic carbocycles. The topological polar surface area (TPSA) is 110 Å². The highest BCUT2D eigenvalue weighted by molar-refractivity contribution is 5.94. The molecule has 8 heteroatoms. The molecule has 0 aliphatic heterocycles. The molecule has 3 N–H and O–H groups in total. The Morgan fingerprint density at radius 1 is 1.05 bits per heavy atom. The predicted octanol–water partition coefficient (Wildman–Crippen LogP) is 5.00. The van der Waals surface area contributed by atoms with Crippen LogP contribution in [0, 0.1) is 11.3 Å². The third-order valence-electron chi connectivity index (χ3n) is 6.74. The van der Waals surface area contributed by atoms with Crippen LogP contribution in [0.25, 0.3) is 22.2 Å². The van der Waals surface area contributed by atoms with Crippen LogP contribution in [0.4, 0.5) is 5.95 Å². The minimum atomic E-state index is -0.119. The van der Waals surface area contributed by atoms with Crippen molar-refractivity contribution in [2.24, 2.45) is 0 Å². The summed E-state index contributed by atoms with van der Waals surface area (Å²) in [6.45, 7) is 9.02. The number of nitriles is 1. The van der Waals surface area contributed by atoms with Crippen LogP contribution in [0.1, 0.15) is 48.2 Å². The smallest absolute Gasteiger partial charge is 0.251 e. The number of fused-ring (bicyclic) bond motifs is 1. The summed E-state index contributed by atoms with van der Waals surface area (Å²) >= 11 is 0. The van der Waals surface area contributed by atoms with E-state index in [1.165, 1.54) is 0 Å². The summed E-state index contributed by atoms with van der Waals surface area (Å²) < 4.78 is 0. The zero-order chi connectivity index (χ0) is 26.7. The van der Waals surface area contributed by atoms with Crippen LogP contribution < -0.4 is 10.6 Å². The van der Waals surface area contributed by atoms with Gasteiger partial charge in [-0.25, -0.2) is 9.97 Å². The highest BCUT2D eigenvalue weighted by Crippen LogP contribution is 2.20. The first-order chi connectivity index (χ1) is 18.6. The third kappa shape index (κ3) is 6.96. The Bertz CT molecular complexity index is 1380. The van der Waals surface area contributed by atoms with Gasteiger partial charge in [0.1, 0.15) is 6.07 Å². The summed E-state index contributed by atoms with van der Waals surface area (Å²) in [6, 6.07) is 17.5. The van der Waals surface area contributed by atoms with Gasteiger partial charge >= 0.3 is 0 Å². The largest absolute Gasteiger partial charge is 0.360 e. The number of carbonyl (C=O) groups excluding carboxylic acids is 1. The standard InChI is InChI=1S/C30H35N7O/c1-3-37(4-2)18-6-5-15-33-30-34-17-14-27(36-30)23-8-10-24(11-9-23)29(38)32-16-13-22-7-12-28-26(19-22)25(20-31)21-35-28/h7-12,14,17,19,21,35H,3-6,13,15-16,18H2,1-2H3,(H,32,38)(H,33,34,36). The number of rotatable bonds is 13. The lowest BCUT2D eigenvalue weighted by atomic mass is 10.1. The van der Waals surface area contributed by atoms with Gasteiger partial charge in [-0.2, -0.15) is 5.26 Å². The van der Waals surface area contributed by atoms with Gasteiger partial charge in [-0.1, -0.05) is 32.0 Å². The molecule has 2 aromatic heterocycles. The summed E-state index contributed by atoms with van der Waals surface area (Å²) in [7, 11) is 0. The fourth-order valence-electron chi connectivity index (χ4n) is 4.44. The normalized spacial score (nSPS) is 11.0. The summed E-state index contributed by atoms with van der Waals surface area (Å²) in [6.07, 6.45) is 6.36. The number of anilines is 1. The zero-order valence-electron chi connectivity index (χ0n) is 22.1. The lowest BCUT2D eigenvalue weighted by Crippen LogP contribution is -2.25. The van der Waals surface area contributed by atoms with E-state index in [0.717, 1.165) is 66.7 Å². The first-order valence-electron chi connectivity index (χ1n) is 13.3. The predicted molar refractivity (Wildman–Crippen MR) is 152 cm³/mol. The molecule has 0 bridgehead atoms. The fraction of sp³-hybridized carbons (Fsp3) is 0.333. The molecule has 0 saturated heterocycles. The minimum absolute atomic E-state index is 0.119. The lowest BCUT2D eigenvalue weighted by molar-refractivity contribution is 0.0954. The third-order valence-corrected chi connectivity index (χ3v) is 6.74. The molecule has 0 radical (unpaired) electrons. The number of hydrogen-bond acceptors (Lipinski definition) is 6. The Morgan fingerprint density at radius 3 is 2.63 bits per heavy atom. The molecule has 0 atom stereocenters. The molecule has 0 aliphatic rings. The molecule has 4 aromatic rings. The van der Waals surface area contributed by atoms with Crippen molar-refractivity contribution in [1.29, 1.82) is 5.26 Å². The molecule has 0 saturated carbocycles. The number of nitrogens with zero attached hydrogens (tertiary/aromatic N) is 4. The van der Waals surface area contributed by atoms with Crippen molar-refractivity contribution in [2.75, 3.05) is 38.0 Å². The van der Waals surface area contributed by atoms with Crippen molar-refractivity contribution >= 4 is 22.8 Å². The van der Waals surface area contributed by atoms with Crippen LogP contribution in [-0.2, 0) is 6.42 Å². The summed E-state index contributed by atoms with van der Waals surface area (Å²) in [5.74, 6) is 0.499. The first-order valence-corrected chi connectivity index (χ1v) is 13.3. The summed E-state index contributed by atoms with van der Waals surface area (Å²) in [5.41, 5.74) is 4.98. The van der Waals surface area contributed by atoms with Gasteiger partial charge in [-0.15, -0.1) is 0 Å². The van der Waals surface area contributed by atoms with E-state index in [2.05, 4.69) is 50.4 Å². The summed E-state index contributed by atoms with van der Waals surface area (Å²) in [4.78, 5) is 27.2. The van der Waals surface area contributed by atoms with E-state index in [9.17, 15) is 10.1 Å². The average Bonchev–Trinajstić information content (AvgIpc) is 3.37. The Kier molecular flexibility index (Phi) is 9.43. The monoisotopic (exact) mass is 509 g/mol. The van der Waals surface area contributed by atoms with Crippen LogP contribution in [0.15, 0.2) is 60.9 Å². The van der Waals surface area contributed by atoms with E-state index in [-0.39, 0.29) is 5.91 Å². The second-order valence-electron chi connectivity index (χ2n) is 9.20. The molecular formula is C30H35N7O. The van der Waals surface area contributed by atoms with Gasteiger partial charge in [0.15, 0.2) is 0 Å². The van der Waals surface area contributed by atoms with Gasteiger partial charge in [-0.3, -0.25) is 4.79 Å². The van der Waals surface area contributed by atoms with Gasteiger partial charge in [0.05, 0.1) is 11.3 Å². The van der Waals surface area contributed by atoms with Crippen molar-refractivity contribution in [2.45, 2.75) is 33.1 Å². The van der Waals surface area contributed by atoms with E-state index < -0.39 is 0 Å². The molecule has 38 heavy (non-hydrogen) atoms. The average molecular weight is 510 g/mol. The van der Waals surface area contributed by atoms with Crippen molar-refractivity contribution in [1.82, 2.24) is 25.2 Å². The molecule has 0 aliphatic carbocycles. The first kappa shape index (κ1) is 26.8. The van der Waals surface area contributed by atoms with Crippen LogP contribution in [0.2, 0.25) is 0 Å². The fourth-order valence-corrected chi connectivity index (χ4v) is 4.44. The van der Waals surface area contributed by atoms with Crippen molar-refractivity contribution in [3.05, 3.63) is 77.6 Å². The van der Waals surface area contributed by atoms with Crippen molar-refractivity contribution in [3.63, 3.8) is 0 Å². The quantitative estimate of drug-likeness (QED) is 0.219. The number of benzene rings is 2. The van der Waals surface area contributed by atoms with Gasteiger partial charge in [0.25, 0.3) is 5.91 Å². The maximum atomic E-state index is 12.7. The van der Waals surface area contributed by atoms with Crippen molar-refractivity contribution in [3.8, 4) is 17.3 Å². The van der Waals surface area contributed by atoms with Gasteiger partial charge in [0.2, 0.25) is 5.95 Å². The highest BCUT2D eigenvalue weighted by atomic mass is 16.1. The zero-order valence-corrected chi connectivity index (χ0v) is 22.1. The second kappa shape index (κ2) is 13.4. The van der Waals surface area contributed by atoms with Crippen LogP contribution in [0.3, 0.4) is 0 Å². The molecule has 0 fully saturated rings. The van der Waals surface area contributed by atoms with E-state index in [1.807, 2.05) is 48.5 Å². The molecular weight excluding hydrogens is 474 g/mol. The van der Waals surface area contributed by atoms with Crippen LogP contribution in [-0.4, -0.2) is 58.5 Å². The summed E-state index contributed by atoms with van der Waals surface area (Å²) in [5, 5.41) is 16.5. The van der Waals surface area contributed by atoms with Gasteiger partial charge in [0, 0.05) is 47.5 Å². The number of hydrogen-bond donors (Lipinski definition) is 3. The number of carbonyl (C=O) groups is 1. The number of nitrogens with one attached hydrogen (secondary N) is 3. The Hall–Kier alpha value is -4.22. The van der Waals surface area contributed by atoms with Gasteiger partial charge < -0.3 is 20.5 Å². The molecule has 196 valence electrons. The minimum Gasteiger partial charge on any atom is -0.360 e. The van der Waals surface area contributed by atoms with Gasteiger partial charge in [-0.05, 0) is 74.8 Å². The van der Waals surface area contributed by atoms with E-state index in [4.69, 9.17) is 0 Å². The Morgan fingerprint density at radius 2 is 1.87 bits per heavy atom.